The molecule has 3 amide bonds. The summed E-state index contributed by atoms with van der Waals surface area (Å²) in [4.78, 5) is 34.9. The molecule has 1 aromatic carbocycles. The zero-order valence-corrected chi connectivity index (χ0v) is 13.4. The van der Waals surface area contributed by atoms with Gasteiger partial charge in [0.15, 0.2) is 0 Å². The van der Waals surface area contributed by atoms with Gasteiger partial charge in [0.05, 0.1) is 0 Å². The van der Waals surface area contributed by atoms with Crippen LogP contribution in [0.25, 0.3) is 0 Å². The van der Waals surface area contributed by atoms with E-state index in [1.54, 1.807) is 24.3 Å². The van der Waals surface area contributed by atoms with E-state index in [-0.39, 0.29) is 23.6 Å². The van der Waals surface area contributed by atoms with Crippen LogP contribution in [0.4, 0.5) is 5.69 Å². The summed E-state index contributed by atoms with van der Waals surface area (Å²) in [6.45, 7) is 2.74. The average Bonchev–Trinajstić information content (AvgIpc) is 3.37. The summed E-state index contributed by atoms with van der Waals surface area (Å²) in [5.74, 6) is -0.00164. The van der Waals surface area contributed by atoms with Crippen molar-refractivity contribution in [1.82, 2.24) is 10.6 Å². The molecule has 23 heavy (non-hydrogen) atoms. The lowest BCUT2D eigenvalue weighted by Gasteiger charge is -2.08. The SMILES string of the molecule is CCCC(=O)NCCNC(=O)c1ccc(NC(=O)C2CC2)cc1. The first-order valence-electron chi connectivity index (χ1n) is 8.06. The number of hydrogen-bond acceptors (Lipinski definition) is 3. The molecule has 0 heterocycles. The molecule has 2 rings (SSSR count). The molecule has 124 valence electrons. The first-order chi connectivity index (χ1) is 11.1. The van der Waals surface area contributed by atoms with E-state index >= 15 is 0 Å². The van der Waals surface area contributed by atoms with Crippen LogP contribution in [0.5, 0.6) is 0 Å². The maximum Gasteiger partial charge on any atom is 0.251 e. The van der Waals surface area contributed by atoms with Gasteiger partial charge < -0.3 is 16.0 Å². The number of carbonyl (C=O) groups is 3. The number of carbonyl (C=O) groups excluding carboxylic acids is 3. The zero-order valence-electron chi connectivity index (χ0n) is 13.4. The van der Waals surface area contributed by atoms with Gasteiger partial charge in [-0.2, -0.15) is 0 Å². The van der Waals surface area contributed by atoms with Crippen molar-refractivity contribution < 1.29 is 14.4 Å². The minimum atomic E-state index is -0.199. The Morgan fingerprint density at radius 3 is 2.30 bits per heavy atom. The van der Waals surface area contributed by atoms with Gasteiger partial charge in [-0.25, -0.2) is 0 Å². The van der Waals surface area contributed by atoms with Crippen molar-refractivity contribution in [2.24, 2.45) is 5.92 Å². The van der Waals surface area contributed by atoms with E-state index in [0.29, 0.717) is 30.8 Å². The van der Waals surface area contributed by atoms with E-state index in [0.717, 1.165) is 19.3 Å². The highest BCUT2D eigenvalue weighted by Crippen LogP contribution is 2.30. The second-order valence-corrected chi connectivity index (χ2v) is 5.70. The third kappa shape index (κ3) is 5.73. The number of rotatable bonds is 8. The molecule has 0 bridgehead atoms. The molecule has 1 aliphatic carbocycles. The highest BCUT2D eigenvalue weighted by Gasteiger charge is 2.29. The van der Waals surface area contributed by atoms with Crippen LogP contribution >= 0.6 is 0 Å². The molecular formula is C17H23N3O3. The van der Waals surface area contributed by atoms with Crippen molar-refractivity contribution in [3.8, 4) is 0 Å². The number of anilines is 1. The molecule has 0 aliphatic heterocycles. The Balaban J connectivity index is 1.71. The summed E-state index contributed by atoms with van der Waals surface area (Å²) < 4.78 is 0. The molecule has 0 aromatic heterocycles. The molecule has 1 aliphatic rings. The fourth-order valence-electron chi connectivity index (χ4n) is 2.09. The van der Waals surface area contributed by atoms with Crippen molar-refractivity contribution in [3.63, 3.8) is 0 Å². The summed E-state index contributed by atoms with van der Waals surface area (Å²) in [5, 5.41) is 8.31. The number of hydrogen-bond donors (Lipinski definition) is 3. The van der Waals surface area contributed by atoms with Crippen LogP contribution in [0, 0.1) is 5.92 Å². The lowest BCUT2D eigenvalue weighted by Crippen LogP contribution is -2.34. The Bertz CT molecular complexity index is 565. The summed E-state index contributed by atoms with van der Waals surface area (Å²) >= 11 is 0. The molecule has 1 aromatic rings. The molecule has 0 radical (unpaired) electrons. The third-order valence-electron chi connectivity index (χ3n) is 3.57. The van der Waals surface area contributed by atoms with Gasteiger partial charge in [0.25, 0.3) is 5.91 Å². The quantitative estimate of drug-likeness (QED) is 0.638. The summed E-state index contributed by atoms with van der Waals surface area (Å²) in [6.07, 6.45) is 3.23. The first-order valence-corrected chi connectivity index (χ1v) is 8.06. The van der Waals surface area contributed by atoms with E-state index in [9.17, 15) is 14.4 Å². The van der Waals surface area contributed by atoms with Crippen LogP contribution in [-0.2, 0) is 9.59 Å². The third-order valence-corrected chi connectivity index (χ3v) is 3.57. The van der Waals surface area contributed by atoms with Gasteiger partial charge in [0, 0.05) is 36.7 Å². The lowest BCUT2D eigenvalue weighted by molar-refractivity contribution is -0.121. The fourth-order valence-corrected chi connectivity index (χ4v) is 2.09. The van der Waals surface area contributed by atoms with E-state index in [4.69, 9.17) is 0 Å². The minimum absolute atomic E-state index is 0.00231. The van der Waals surface area contributed by atoms with Gasteiger partial charge in [-0.1, -0.05) is 6.92 Å². The number of nitrogens with one attached hydrogen (secondary N) is 3. The largest absolute Gasteiger partial charge is 0.354 e. The Morgan fingerprint density at radius 2 is 1.70 bits per heavy atom. The molecule has 1 saturated carbocycles. The number of amides is 3. The van der Waals surface area contributed by atoms with Crippen LogP contribution in [0.15, 0.2) is 24.3 Å². The minimum Gasteiger partial charge on any atom is -0.354 e. The van der Waals surface area contributed by atoms with E-state index in [1.165, 1.54) is 0 Å². The highest BCUT2D eigenvalue weighted by atomic mass is 16.2. The van der Waals surface area contributed by atoms with Gasteiger partial charge in [0.2, 0.25) is 11.8 Å². The van der Waals surface area contributed by atoms with Crippen molar-refractivity contribution in [2.75, 3.05) is 18.4 Å². The van der Waals surface area contributed by atoms with E-state index in [1.807, 2.05) is 6.92 Å². The average molecular weight is 317 g/mol. The molecule has 0 unspecified atom stereocenters. The van der Waals surface area contributed by atoms with Crippen molar-refractivity contribution >= 4 is 23.4 Å². The maximum absolute atomic E-state index is 12.0. The summed E-state index contributed by atoms with van der Waals surface area (Å²) in [7, 11) is 0. The standard InChI is InChI=1S/C17H23N3O3/c1-2-3-15(21)18-10-11-19-16(22)12-6-8-14(9-7-12)20-17(23)13-4-5-13/h6-9,13H,2-5,10-11H2,1H3,(H,18,21)(H,19,22)(H,20,23). The Hall–Kier alpha value is -2.37. The second kappa shape index (κ2) is 8.31. The molecule has 6 nitrogen and oxygen atoms in total. The molecule has 1 fully saturated rings. The van der Waals surface area contributed by atoms with Gasteiger partial charge in [0.1, 0.15) is 0 Å². The van der Waals surface area contributed by atoms with Gasteiger partial charge in [-0.05, 0) is 43.5 Å². The Morgan fingerprint density at radius 1 is 1.04 bits per heavy atom. The summed E-state index contributed by atoms with van der Waals surface area (Å²) in [6, 6.07) is 6.79. The maximum atomic E-state index is 12.0. The smallest absolute Gasteiger partial charge is 0.251 e. The Labute approximate surface area is 136 Å². The van der Waals surface area contributed by atoms with E-state index < -0.39 is 0 Å². The topological polar surface area (TPSA) is 87.3 Å². The fraction of sp³-hybridized carbons (Fsp3) is 0.471. The predicted octanol–water partition coefficient (Wildman–Crippen LogP) is 1.68. The number of benzene rings is 1. The normalized spacial score (nSPS) is 13.3. The van der Waals surface area contributed by atoms with Gasteiger partial charge >= 0.3 is 0 Å². The molecular weight excluding hydrogens is 294 g/mol. The molecule has 6 heteroatoms. The first kappa shape index (κ1) is 17.0. The van der Waals surface area contributed by atoms with Crippen molar-refractivity contribution in [1.29, 1.82) is 0 Å². The molecule has 0 spiro atoms. The Kier molecular flexibility index (Phi) is 6.14. The van der Waals surface area contributed by atoms with Crippen LogP contribution in [0.1, 0.15) is 43.0 Å². The lowest BCUT2D eigenvalue weighted by atomic mass is 10.2. The zero-order chi connectivity index (χ0) is 16.7. The van der Waals surface area contributed by atoms with Crippen LogP contribution in [0.3, 0.4) is 0 Å². The van der Waals surface area contributed by atoms with E-state index in [2.05, 4.69) is 16.0 Å². The van der Waals surface area contributed by atoms with Crippen LogP contribution in [0.2, 0.25) is 0 Å². The molecule has 3 N–H and O–H groups in total. The van der Waals surface area contributed by atoms with Crippen LogP contribution in [-0.4, -0.2) is 30.8 Å². The molecule has 0 saturated heterocycles. The monoisotopic (exact) mass is 317 g/mol. The van der Waals surface area contributed by atoms with Crippen LogP contribution < -0.4 is 16.0 Å². The highest BCUT2D eigenvalue weighted by molar-refractivity contribution is 5.96. The van der Waals surface area contributed by atoms with Crippen molar-refractivity contribution in [3.05, 3.63) is 29.8 Å². The summed E-state index contributed by atoms with van der Waals surface area (Å²) in [5.41, 5.74) is 1.22. The van der Waals surface area contributed by atoms with Crippen molar-refractivity contribution in [2.45, 2.75) is 32.6 Å². The predicted molar refractivity (Wildman–Crippen MR) is 88.0 cm³/mol. The second-order valence-electron chi connectivity index (χ2n) is 5.70. The van der Waals surface area contributed by atoms with Gasteiger partial charge in [-0.15, -0.1) is 0 Å². The van der Waals surface area contributed by atoms with Gasteiger partial charge in [-0.3, -0.25) is 14.4 Å². The molecule has 0 atom stereocenters.